The summed E-state index contributed by atoms with van der Waals surface area (Å²) < 4.78 is 0. The van der Waals surface area contributed by atoms with Gasteiger partial charge in [-0.15, -0.1) is 10.2 Å². The van der Waals surface area contributed by atoms with Crippen LogP contribution in [0.2, 0.25) is 10.0 Å². The quantitative estimate of drug-likeness (QED) is 0.572. The molecule has 0 aliphatic carbocycles. The summed E-state index contributed by atoms with van der Waals surface area (Å²) in [6.45, 7) is 3.49. The Morgan fingerprint density at radius 2 is 1.67 bits per heavy atom. The van der Waals surface area contributed by atoms with Gasteiger partial charge in [-0.3, -0.25) is 4.79 Å². The summed E-state index contributed by atoms with van der Waals surface area (Å²) >= 11 is 12.0. The number of nitrogens with one attached hydrogen (secondary N) is 1. The summed E-state index contributed by atoms with van der Waals surface area (Å²) in [6.07, 6.45) is 1.54. The molecule has 1 N–H and O–H groups in total. The van der Waals surface area contributed by atoms with Crippen LogP contribution in [0.4, 0.5) is 11.5 Å². The fourth-order valence-corrected chi connectivity index (χ4v) is 3.90. The molecular weight excluding hydrogens is 419 g/mol. The van der Waals surface area contributed by atoms with E-state index in [9.17, 15) is 4.79 Å². The van der Waals surface area contributed by atoms with Crippen LogP contribution in [0.5, 0.6) is 0 Å². The second-order valence-corrected chi connectivity index (χ2v) is 8.37. The van der Waals surface area contributed by atoms with E-state index >= 15 is 0 Å². The van der Waals surface area contributed by atoms with Crippen LogP contribution < -0.4 is 10.2 Å². The van der Waals surface area contributed by atoms with Gasteiger partial charge in [0.2, 0.25) is 5.91 Å². The summed E-state index contributed by atoms with van der Waals surface area (Å²) in [5.74, 6) is 0.849. The first-order valence-electron chi connectivity index (χ1n) is 9.91. The molecule has 0 radical (unpaired) electrons. The van der Waals surface area contributed by atoms with E-state index in [-0.39, 0.29) is 11.8 Å². The van der Waals surface area contributed by atoms with Crippen molar-refractivity contribution in [3.05, 3.63) is 70.2 Å². The van der Waals surface area contributed by atoms with Crippen molar-refractivity contribution in [3.8, 4) is 11.3 Å². The van der Waals surface area contributed by atoms with Gasteiger partial charge in [-0.25, -0.2) is 0 Å². The van der Waals surface area contributed by atoms with Crippen molar-refractivity contribution in [1.82, 2.24) is 10.2 Å². The number of benzene rings is 2. The van der Waals surface area contributed by atoms with Crippen LogP contribution in [0.25, 0.3) is 11.3 Å². The van der Waals surface area contributed by atoms with Crippen LogP contribution in [0.1, 0.15) is 18.4 Å². The molecule has 0 bridgehead atoms. The van der Waals surface area contributed by atoms with Gasteiger partial charge in [0.05, 0.1) is 5.69 Å². The molecule has 2 heterocycles. The first-order valence-corrected chi connectivity index (χ1v) is 10.7. The Kier molecular flexibility index (Phi) is 6.21. The largest absolute Gasteiger partial charge is 0.355 e. The number of nitrogens with zero attached hydrogens (tertiary/aromatic N) is 3. The van der Waals surface area contributed by atoms with Crippen LogP contribution in [0.15, 0.2) is 54.6 Å². The maximum Gasteiger partial charge on any atom is 0.227 e. The lowest BCUT2D eigenvalue weighted by Gasteiger charge is -2.32. The van der Waals surface area contributed by atoms with Gasteiger partial charge in [0.25, 0.3) is 0 Å². The number of aryl methyl sites for hydroxylation is 1. The zero-order chi connectivity index (χ0) is 21.1. The van der Waals surface area contributed by atoms with E-state index in [0.29, 0.717) is 10.0 Å². The van der Waals surface area contributed by atoms with Gasteiger partial charge in [0, 0.05) is 40.3 Å². The van der Waals surface area contributed by atoms with Gasteiger partial charge >= 0.3 is 0 Å². The fraction of sp³-hybridized carbons (Fsp3) is 0.261. The van der Waals surface area contributed by atoms with E-state index in [1.54, 1.807) is 6.07 Å². The Labute approximate surface area is 186 Å². The smallest absolute Gasteiger partial charge is 0.227 e. The number of aromatic nitrogens is 2. The lowest BCUT2D eigenvalue weighted by atomic mass is 9.95. The van der Waals surface area contributed by atoms with E-state index < -0.39 is 0 Å². The van der Waals surface area contributed by atoms with E-state index in [1.165, 1.54) is 0 Å². The number of halogens is 2. The van der Waals surface area contributed by atoms with Crippen molar-refractivity contribution in [2.75, 3.05) is 23.3 Å². The third-order valence-corrected chi connectivity index (χ3v) is 5.92. The molecule has 1 aliphatic rings. The standard InChI is InChI=1S/C23H22Cl2N4O/c1-15-2-5-19(25)14-21(15)26-23(30)17-10-12-29(13-11-17)22-9-8-20(27-28-22)16-3-6-18(24)7-4-16/h2-9,14,17H,10-13H2,1H3,(H,26,30). The van der Waals surface area contributed by atoms with Gasteiger partial charge in [0.1, 0.15) is 0 Å². The molecule has 0 saturated carbocycles. The van der Waals surface area contributed by atoms with E-state index in [1.807, 2.05) is 55.5 Å². The maximum atomic E-state index is 12.7. The predicted octanol–water partition coefficient (Wildman–Crippen LogP) is 5.61. The number of piperidine rings is 1. The monoisotopic (exact) mass is 440 g/mol. The Balaban J connectivity index is 1.35. The van der Waals surface area contributed by atoms with Gasteiger partial charge in [-0.05, 0) is 61.7 Å². The van der Waals surface area contributed by atoms with Crippen LogP contribution in [-0.4, -0.2) is 29.2 Å². The van der Waals surface area contributed by atoms with E-state index in [0.717, 1.165) is 54.3 Å². The normalized spacial score (nSPS) is 14.6. The average molecular weight is 441 g/mol. The third-order valence-electron chi connectivity index (χ3n) is 5.44. The van der Waals surface area contributed by atoms with Crippen LogP contribution in [0.3, 0.4) is 0 Å². The summed E-state index contributed by atoms with van der Waals surface area (Å²) in [4.78, 5) is 14.9. The van der Waals surface area contributed by atoms with Gasteiger partial charge < -0.3 is 10.2 Å². The molecule has 5 nitrogen and oxygen atoms in total. The molecule has 3 aromatic rings. The lowest BCUT2D eigenvalue weighted by molar-refractivity contribution is -0.120. The number of hydrogen-bond acceptors (Lipinski definition) is 4. The molecule has 1 aliphatic heterocycles. The molecule has 30 heavy (non-hydrogen) atoms. The van der Waals surface area contributed by atoms with Gasteiger partial charge in [-0.2, -0.15) is 0 Å². The molecule has 154 valence electrons. The Bertz CT molecular complexity index is 1030. The lowest BCUT2D eigenvalue weighted by Crippen LogP contribution is -2.38. The summed E-state index contributed by atoms with van der Waals surface area (Å²) in [6, 6.07) is 17.0. The van der Waals surface area contributed by atoms with Crippen LogP contribution >= 0.6 is 23.2 Å². The number of hydrogen-bond donors (Lipinski definition) is 1. The molecule has 7 heteroatoms. The number of amides is 1. The van der Waals surface area contributed by atoms with Crippen LogP contribution in [0, 0.1) is 12.8 Å². The average Bonchev–Trinajstić information content (AvgIpc) is 2.77. The molecule has 1 fully saturated rings. The topological polar surface area (TPSA) is 58.1 Å². The SMILES string of the molecule is Cc1ccc(Cl)cc1NC(=O)C1CCN(c2ccc(-c3ccc(Cl)cc3)nn2)CC1. The first kappa shape index (κ1) is 20.6. The minimum atomic E-state index is -0.0269. The van der Waals surface area contributed by atoms with E-state index in [2.05, 4.69) is 20.4 Å². The molecule has 1 saturated heterocycles. The number of carbonyl (C=O) groups is 1. The molecule has 0 unspecified atom stereocenters. The summed E-state index contributed by atoms with van der Waals surface area (Å²) in [7, 11) is 0. The number of anilines is 2. The highest BCUT2D eigenvalue weighted by atomic mass is 35.5. The van der Waals surface area contributed by atoms with Crippen molar-refractivity contribution < 1.29 is 4.79 Å². The summed E-state index contributed by atoms with van der Waals surface area (Å²) in [5.41, 5.74) is 3.56. The molecule has 2 aromatic carbocycles. The zero-order valence-corrected chi connectivity index (χ0v) is 18.1. The minimum absolute atomic E-state index is 0.0269. The highest BCUT2D eigenvalue weighted by molar-refractivity contribution is 6.31. The highest BCUT2D eigenvalue weighted by Gasteiger charge is 2.26. The van der Waals surface area contributed by atoms with Crippen molar-refractivity contribution in [3.63, 3.8) is 0 Å². The zero-order valence-electron chi connectivity index (χ0n) is 16.6. The highest BCUT2D eigenvalue weighted by Crippen LogP contribution is 2.26. The summed E-state index contributed by atoms with van der Waals surface area (Å²) in [5, 5.41) is 13.1. The predicted molar refractivity (Wildman–Crippen MR) is 122 cm³/mol. The number of rotatable bonds is 4. The molecular formula is C23H22Cl2N4O. The fourth-order valence-electron chi connectivity index (χ4n) is 3.60. The molecule has 0 spiro atoms. The second kappa shape index (κ2) is 9.02. The van der Waals surface area contributed by atoms with Gasteiger partial charge in [0.15, 0.2) is 5.82 Å². The van der Waals surface area contributed by atoms with Gasteiger partial charge in [-0.1, -0.05) is 41.4 Å². The van der Waals surface area contributed by atoms with Crippen molar-refractivity contribution in [2.24, 2.45) is 5.92 Å². The Hall–Kier alpha value is -2.63. The van der Waals surface area contributed by atoms with Crippen molar-refractivity contribution >= 4 is 40.6 Å². The third kappa shape index (κ3) is 4.74. The second-order valence-electron chi connectivity index (χ2n) is 7.49. The molecule has 1 aromatic heterocycles. The Morgan fingerprint density at radius 1 is 0.967 bits per heavy atom. The first-order chi connectivity index (χ1) is 14.5. The van der Waals surface area contributed by atoms with Crippen molar-refractivity contribution in [2.45, 2.75) is 19.8 Å². The minimum Gasteiger partial charge on any atom is -0.355 e. The molecule has 1 amide bonds. The molecule has 0 atom stereocenters. The Morgan fingerprint density at radius 3 is 2.33 bits per heavy atom. The van der Waals surface area contributed by atoms with E-state index in [4.69, 9.17) is 23.2 Å². The van der Waals surface area contributed by atoms with Crippen LogP contribution in [-0.2, 0) is 4.79 Å². The maximum absolute atomic E-state index is 12.7. The molecule has 4 rings (SSSR count). The van der Waals surface area contributed by atoms with Crippen molar-refractivity contribution in [1.29, 1.82) is 0 Å². The number of carbonyl (C=O) groups excluding carboxylic acids is 1.